The third-order valence-corrected chi connectivity index (χ3v) is 6.18. The Kier molecular flexibility index (Phi) is 9.57. The highest BCUT2D eigenvalue weighted by Gasteiger charge is 2.31. The molecule has 1 aliphatic heterocycles. The van der Waals surface area contributed by atoms with Crippen molar-refractivity contribution in [2.75, 3.05) is 20.7 Å². The maximum absolute atomic E-state index is 14.8. The molecular weight excluding hydrogens is 562 g/mol. The number of methoxy groups -OCH3 is 1. The molecule has 4 rings (SSSR count). The van der Waals surface area contributed by atoms with Gasteiger partial charge in [-0.3, -0.25) is 29.7 Å². The smallest absolute Gasteiger partial charge is 0.416 e. The number of aryl methyl sites for hydroxylation is 1. The maximum atomic E-state index is 14.8. The Bertz CT molecular complexity index is 1430. The zero-order valence-corrected chi connectivity index (χ0v) is 22.7. The summed E-state index contributed by atoms with van der Waals surface area (Å²) in [6.07, 6.45) is -1.97. The number of nitrogens with zero attached hydrogens (tertiary/aromatic N) is 6. The molecule has 224 valence electrons. The van der Waals surface area contributed by atoms with Gasteiger partial charge < -0.3 is 15.4 Å². The van der Waals surface area contributed by atoms with Crippen molar-refractivity contribution >= 4 is 11.8 Å². The lowest BCUT2D eigenvalue weighted by molar-refractivity contribution is -0.137. The minimum atomic E-state index is -4.52. The van der Waals surface area contributed by atoms with Gasteiger partial charge in [0.1, 0.15) is 17.6 Å². The third-order valence-electron chi connectivity index (χ3n) is 6.18. The standard InChI is InChI=1S/C26H29F4N9O3/c1-37-35-23(25(41)33-13-20-11-18(6-8-31-20)26(28,29)30)16-39(37)14-19(27)7-9-38-15-22(34-36-38)24(40)32-12-17-4-3-5-21(10-17)42-2/h3-6,8,10-11,15-16,19,35H,7,9,12-14H2,1-2H3,(H,32,40)(H,33,41). The Balaban J connectivity index is 1.22. The first-order valence-electron chi connectivity index (χ1n) is 12.8. The lowest BCUT2D eigenvalue weighted by Gasteiger charge is -2.25. The van der Waals surface area contributed by atoms with E-state index in [2.05, 4.69) is 31.4 Å². The number of hydrogen-bond donors (Lipinski definition) is 3. The summed E-state index contributed by atoms with van der Waals surface area (Å²) < 4.78 is 60.0. The summed E-state index contributed by atoms with van der Waals surface area (Å²) >= 11 is 0. The molecule has 0 saturated heterocycles. The van der Waals surface area contributed by atoms with E-state index >= 15 is 0 Å². The molecule has 1 aliphatic rings. The van der Waals surface area contributed by atoms with E-state index in [1.807, 2.05) is 12.1 Å². The van der Waals surface area contributed by atoms with E-state index < -0.39 is 29.7 Å². The van der Waals surface area contributed by atoms with Gasteiger partial charge >= 0.3 is 6.18 Å². The molecule has 0 bridgehead atoms. The van der Waals surface area contributed by atoms with E-state index in [0.29, 0.717) is 5.75 Å². The number of rotatable bonds is 12. The quantitative estimate of drug-likeness (QED) is 0.272. The summed E-state index contributed by atoms with van der Waals surface area (Å²) in [6, 6.07) is 8.96. The molecule has 1 unspecified atom stereocenters. The predicted molar refractivity (Wildman–Crippen MR) is 140 cm³/mol. The Morgan fingerprint density at radius 1 is 1.12 bits per heavy atom. The van der Waals surface area contributed by atoms with Crippen molar-refractivity contribution in [2.45, 2.75) is 38.4 Å². The van der Waals surface area contributed by atoms with E-state index in [0.717, 1.165) is 23.9 Å². The van der Waals surface area contributed by atoms with Gasteiger partial charge in [0.2, 0.25) is 0 Å². The van der Waals surface area contributed by atoms with Crippen molar-refractivity contribution in [3.05, 3.63) is 83.2 Å². The predicted octanol–water partition coefficient (Wildman–Crippen LogP) is 2.18. The highest BCUT2D eigenvalue weighted by atomic mass is 19.4. The van der Waals surface area contributed by atoms with Gasteiger partial charge in [0.25, 0.3) is 11.8 Å². The summed E-state index contributed by atoms with van der Waals surface area (Å²) in [5.74, 6) is -0.352. The van der Waals surface area contributed by atoms with E-state index in [4.69, 9.17) is 4.74 Å². The number of hydrazine groups is 2. The van der Waals surface area contributed by atoms with Crippen LogP contribution in [0.15, 0.2) is 60.7 Å². The number of hydrogen-bond acceptors (Lipinski definition) is 9. The maximum Gasteiger partial charge on any atom is 0.416 e. The van der Waals surface area contributed by atoms with Crippen molar-refractivity contribution in [3.8, 4) is 5.75 Å². The van der Waals surface area contributed by atoms with Gasteiger partial charge in [-0.15, -0.1) is 10.2 Å². The number of carbonyl (C=O) groups excluding carboxylic acids is 2. The number of pyridine rings is 1. The molecule has 1 aromatic carbocycles. The molecular formula is C26H29F4N9O3. The fourth-order valence-electron chi connectivity index (χ4n) is 3.94. The molecule has 42 heavy (non-hydrogen) atoms. The third kappa shape index (κ3) is 8.15. The number of aromatic nitrogens is 4. The molecule has 1 atom stereocenters. The average molecular weight is 592 g/mol. The van der Waals surface area contributed by atoms with Gasteiger partial charge in [0.05, 0.1) is 37.7 Å². The van der Waals surface area contributed by atoms with Crippen LogP contribution in [0.1, 0.15) is 33.7 Å². The van der Waals surface area contributed by atoms with Gasteiger partial charge in [0, 0.05) is 39.0 Å². The van der Waals surface area contributed by atoms with E-state index in [1.165, 1.54) is 27.2 Å². The van der Waals surface area contributed by atoms with Crippen LogP contribution in [0.5, 0.6) is 5.75 Å². The van der Waals surface area contributed by atoms with E-state index in [1.54, 1.807) is 26.3 Å². The molecule has 3 heterocycles. The van der Waals surface area contributed by atoms with Crippen LogP contribution >= 0.6 is 0 Å². The highest BCUT2D eigenvalue weighted by Crippen LogP contribution is 2.29. The van der Waals surface area contributed by atoms with Crippen molar-refractivity contribution in [1.82, 2.24) is 46.2 Å². The minimum absolute atomic E-state index is 0.0383. The fourth-order valence-corrected chi connectivity index (χ4v) is 3.94. The van der Waals surface area contributed by atoms with Gasteiger partial charge in [-0.25, -0.2) is 4.39 Å². The topological polar surface area (TPSA) is 130 Å². The summed E-state index contributed by atoms with van der Waals surface area (Å²) in [6.45, 7) is 0.0973. The molecule has 2 amide bonds. The van der Waals surface area contributed by atoms with Gasteiger partial charge in [-0.1, -0.05) is 17.3 Å². The number of benzene rings is 1. The summed E-state index contributed by atoms with van der Waals surface area (Å²) in [7, 11) is 3.13. The Labute approximate surface area is 238 Å². The van der Waals surface area contributed by atoms with Gasteiger partial charge in [-0.2, -0.15) is 13.2 Å². The van der Waals surface area contributed by atoms with Crippen molar-refractivity contribution in [2.24, 2.45) is 0 Å². The first-order chi connectivity index (χ1) is 20.0. The molecule has 3 aromatic rings. The molecule has 12 nitrogen and oxygen atoms in total. The summed E-state index contributed by atoms with van der Waals surface area (Å²) in [5.41, 5.74) is 2.96. The van der Waals surface area contributed by atoms with Crippen molar-refractivity contribution < 1.29 is 31.9 Å². The molecule has 2 aromatic heterocycles. The largest absolute Gasteiger partial charge is 0.497 e. The number of ether oxygens (including phenoxy) is 1. The van der Waals surface area contributed by atoms with Gasteiger partial charge in [0.15, 0.2) is 5.69 Å². The van der Waals surface area contributed by atoms with Crippen LogP contribution in [-0.2, 0) is 30.6 Å². The van der Waals surface area contributed by atoms with Crippen LogP contribution in [0, 0.1) is 0 Å². The molecule has 3 N–H and O–H groups in total. The van der Waals surface area contributed by atoms with Crippen LogP contribution in [0.3, 0.4) is 0 Å². The highest BCUT2D eigenvalue weighted by molar-refractivity contribution is 5.93. The normalized spacial score (nSPS) is 14.2. The fraction of sp³-hybridized carbons (Fsp3) is 0.346. The van der Waals surface area contributed by atoms with Crippen LogP contribution in [-0.4, -0.2) is 68.8 Å². The summed E-state index contributed by atoms with van der Waals surface area (Å²) in [4.78, 5) is 28.8. The minimum Gasteiger partial charge on any atom is -0.497 e. The summed E-state index contributed by atoms with van der Waals surface area (Å²) in [5, 5.41) is 15.8. The van der Waals surface area contributed by atoms with Gasteiger partial charge in [-0.05, 0) is 29.8 Å². The number of halogens is 4. The monoisotopic (exact) mass is 591 g/mol. The van der Waals surface area contributed by atoms with Crippen molar-refractivity contribution in [1.29, 1.82) is 0 Å². The molecule has 16 heteroatoms. The first-order valence-corrected chi connectivity index (χ1v) is 12.8. The van der Waals surface area contributed by atoms with E-state index in [9.17, 15) is 27.2 Å². The van der Waals surface area contributed by atoms with Crippen LogP contribution < -0.4 is 20.8 Å². The SMILES string of the molecule is COc1cccc(CNC(=O)c2cn(CCC(F)CN3C=C(C(=O)NCc4cc(C(F)(F)F)ccn4)NN3C)nn2)c1. The molecule has 0 fully saturated rings. The molecule has 0 aliphatic carbocycles. The number of nitrogens with one attached hydrogen (secondary N) is 3. The van der Waals surface area contributed by atoms with Crippen LogP contribution in [0.4, 0.5) is 17.6 Å². The molecule has 0 saturated carbocycles. The van der Waals surface area contributed by atoms with Crippen LogP contribution in [0.2, 0.25) is 0 Å². The number of amides is 2. The number of alkyl halides is 4. The lowest BCUT2D eigenvalue weighted by Crippen LogP contribution is -2.43. The Morgan fingerprint density at radius 2 is 1.90 bits per heavy atom. The second-order valence-electron chi connectivity index (χ2n) is 9.30. The molecule has 0 spiro atoms. The van der Waals surface area contributed by atoms with Crippen LogP contribution in [0.25, 0.3) is 0 Å². The van der Waals surface area contributed by atoms with Crippen molar-refractivity contribution in [3.63, 3.8) is 0 Å². The zero-order valence-electron chi connectivity index (χ0n) is 22.7. The Morgan fingerprint density at radius 3 is 2.67 bits per heavy atom. The first kappa shape index (κ1) is 30.2. The Hall–Kier alpha value is -4.73. The average Bonchev–Trinajstić information content (AvgIpc) is 3.60. The van der Waals surface area contributed by atoms with E-state index in [-0.39, 0.29) is 49.7 Å². The zero-order chi connectivity index (χ0) is 30.3. The second kappa shape index (κ2) is 13.3. The molecule has 0 radical (unpaired) electrons. The second-order valence-corrected chi connectivity index (χ2v) is 9.30. The lowest BCUT2D eigenvalue weighted by atomic mass is 10.2. The number of carbonyl (C=O) groups is 2.